The molecule has 3 aromatic rings. The number of nitrogens with zero attached hydrogens (tertiary/aromatic N) is 2. The van der Waals surface area contributed by atoms with Gasteiger partial charge < -0.3 is 14.6 Å². The quantitative estimate of drug-likeness (QED) is 0.501. The minimum Gasteiger partial charge on any atom is -0.480 e. The summed E-state index contributed by atoms with van der Waals surface area (Å²) in [5.74, 6) is -1.17. The number of amides is 1. The molecule has 0 saturated carbocycles. The number of ether oxygens (including phenoxy) is 2. The van der Waals surface area contributed by atoms with Crippen molar-refractivity contribution in [3.8, 4) is 11.1 Å². The summed E-state index contributed by atoms with van der Waals surface area (Å²) >= 11 is 0. The molecule has 7 heteroatoms. The molecule has 0 radical (unpaired) electrons. The fourth-order valence-electron chi connectivity index (χ4n) is 4.91. The molecular formula is C28H24N2O5. The first-order valence-corrected chi connectivity index (χ1v) is 11.5. The predicted molar refractivity (Wildman–Crippen MR) is 129 cm³/mol. The van der Waals surface area contributed by atoms with Crippen molar-refractivity contribution in [3.63, 3.8) is 0 Å². The van der Waals surface area contributed by atoms with Gasteiger partial charge in [0.2, 0.25) is 0 Å². The number of carbonyl (C=O) groups is 2. The van der Waals surface area contributed by atoms with Crippen molar-refractivity contribution in [1.82, 2.24) is 4.90 Å². The second-order valence-electron chi connectivity index (χ2n) is 8.76. The molecule has 1 saturated heterocycles. The molecule has 1 aliphatic carbocycles. The van der Waals surface area contributed by atoms with Gasteiger partial charge in [-0.25, -0.2) is 14.4 Å². The summed E-state index contributed by atoms with van der Waals surface area (Å²) in [5.41, 5.74) is 5.88. The third-order valence-electron chi connectivity index (χ3n) is 6.67. The van der Waals surface area contributed by atoms with Gasteiger partial charge in [0.15, 0.2) is 5.69 Å². The molecule has 3 aromatic carbocycles. The minimum atomic E-state index is -1.08. The Morgan fingerprint density at radius 3 is 2.20 bits per heavy atom. The first-order chi connectivity index (χ1) is 17.0. The Balaban J connectivity index is 1.24. The lowest BCUT2D eigenvalue weighted by molar-refractivity contribution is -0.141. The van der Waals surface area contributed by atoms with E-state index in [-0.39, 0.29) is 32.1 Å². The Morgan fingerprint density at radius 1 is 0.971 bits per heavy atom. The molecule has 176 valence electrons. The molecule has 0 aromatic heterocycles. The number of carbonyl (C=O) groups excluding carboxylic acids is 1. The Morgan fingerprint density at radius 2 is 1.60 bits per heavy atom. The fourth-order valence-corrected chi connectivity index (χ4v) is 4.91. The van der Waals surface area contributed by atoms with Crippen LogP contribution in [0.2, 0.25) is 0 Å². The maximum atomic E-state index is 13.0. The van der Waals surface area contributed by atoms with Gasteiger partial charge in [0, 0.05) is 12.3 Å². The van der Waals surface area contributed by atoms with E-state index < -0.39 is 24.2 Å². The standard InChI is InChI=1S/C28H24N2O5/c1-29-19-12-10-18(11-13-19)16-34-20-14-26(27(31)32)30(15-20)28(33)35-17-25-23-8-4-2-6-21(23)22-7-3-5-9-24(22)25/h2-13,20,25-26H,14-17H2,(H,31,32)/t20-,26-/m1/s1. The number of benzene rings is 3. The molecule has 2 aliphatic rings. The average Bonchev–Trinajstić information content (AvgIpc) is 3.46. The summed E-state index contributed by atoms with van der Waals surface area (Å²) in [4.78, 5) is 29.5. The van der Waals surface area contributed by atoms with Crippen LogP contribution in [0.25, 0.3) is 16.0 Å². The molecule has 7 nitrogen and oxygen atoms in total. The molecule has 0 spiro atoms. The molecule has 1 N–H and O–H groups in total. The highest BCUT2D eigenvalue weighted by atomic mass is 16.6. The lowest BCUT2D eigenvalue weighted by atomic mass is 9.98. The SMILES string of the molecule is [C-]#[N+]c1ccc(CO[C@@H]2C[C@H](C(=O)O)N(C(=O)OCC3c4ccccc4-c4ccccc43)C2)cc1. The maximum Gasteiger partial charge on any atom is 0.410 e. The van der Waals surface area contributed by atoms with E-state index in [1.807, 2.05) is 36.4 Å². The Kier molecular flexibility index (Phi) is 6.21. The molecule has 1 aliphatic heterocycles. The molecule has 1 amide bonds. The van der Waals surface area contributed by atoms with Gasteiger partial charge in [0.25, 0.3) is 0 Å². The monoisotopic (exact) mass is 468 g/mol. The highest BCUT2D eigenvalue weighted by Crippen LogP contribution is 2.44. The van der Waals surface area contributed by atoms with Crippen molar-refractivity contribution >= 4 is 17.7 Å². The number of fused-ring (bicyclic) bond motifs is 3. The molecule has 1 heterocycles. The topological polar surface area (TPSA) is 80.4 Å². The number of hydrogen-bond acceptors (Lipinski definition) is 4. The van der Waals surface area contributed by atoms with Crippen LogP contribution in [0.1, 0.15) is 29.0 Å². The number of carboxylic acids is 1. The number of likely N-dealkylation sites (tertiary alicyclic amines) is 1. The zero-order chi connectivity index (χ0) is 24.4. The predicted octanol–water partition coefficient (Wildman–Crippen LogP) is 5.23. The largest absolute Gasteiger partial charge is 0.480 e. The number of carboxylic acid groups (broad SMARTS) is 1. The first kappa shape index (κ1) is 22.6. The Bertz CT molecular complexity index is 1250. The van der Waals surface area contributed by atoms with Crippen LogP contribution in [0.3, 0.4) is 0 Å². The van der Waals surface area contributed by atoms with Crippen molar-refractivity contribution in [2.24, 2.45) is 0 Å². The van der Waals surface area contributed by atoms with E-state index in [2.05, 4.69) is 17.0 Å². The van der Waals surface area contributed by atoms with Crippen molar-refractivity contribution in [2.45, 2.75) is 31.1 Å². The second kappa shape index (κ2) is 9.61. The summed E-state index contributed by atoms with van der Waals surface area (Å²) in [7, 11) is 0. The van der Waals surface area contributed by atoms with Crippen LogP contribution in [-0.4, -0.2) is 47.4 Å². The van der Waals surface area contributed by atoms with Gasteiger partial charge in [-0.05, 0) is 27.8 Å². The molecule has 35 heavy (non-hydrogen) atoms. The van der Waals surface area contributed by atoms with E-state index in [1.165, 1.54) is 4.90 Å². The van der Waals surface area contributed by atoms with E-state index in [1.54, 1.807) is 24.3 Å². The van der Waals surface area contributed by atoms with Gasteiger partial charge in [0.1, 0.15) is 12.6 Å². The highest BCUT2D eigenvalue weighted by Gasteiger charge is 2.41. The van der Waals surface area contributed by atoms with Crippen molar-refractivity contribution in [1.29, 1.82) is 0 Å². The molecule has 5 rings (SSSR count). The van der Waals surface area contributed by atoms with Crippen molar-refractivity contribution in [3.05, 3.63) is 101 Å². The van der Waals surface area contributed by atoms with E-state index in [0.717, 1.165) is 27.8 Å². The molecule has 1 fully saturated rings. The highest BCUT2D eigenvalue weighted by molar-refractivity contribution is 5.81. The zero-order valence-electron chi connectivity index (χ0n) is 19.0. The van der Waals surface area contributed by atoms with Crippen molar-refractivity contribution < 1.29 is 24.2 Å². The lowest BCUT2D eigenvalue weighted by Crippen LogP contribution is -2.41. The number of rotatable bonds is 6. The van der Waals surface area contributed by atoms with Crippen LogP contribution in [0.4, 0.5) is 10.5 Å². The molecular weight excluding hydrogens is 444 g/mol. The summed E-state index contributed by atoms with van der Waals surface area (Å²) in [6.07, 6.45) is -0.872. The van der Waals surface area contributed by atoms with Crippen LogP contribution in [0, 0.1) is 6.57 Å². The van der Waals surface area contributed by atoms with Crippen LogP contribution in [0.5, 0.6) is 0 Å². The van der Waals surface area contributed by atoms with Crippen LogP contribution >= 0.6 is 0 Å². The second-order valence-corrected chi connectivity index (χ2v) is 8.76. The van der Waals surface area contributed by atoms with Gasteiger partial charge in [-0.3, -0.25) is 4.90 Å². The van der Waals surface area contributed by atoms with Gasteiger partial charge in [-0.2, -0.15) is 0 Å². The average molecular weight is 469 g/mol. The van der Waals surface area contributed by atoms with Gasteiger partial charge >= 0.3 is 12.1 Å². The Labute approximate surface area is 203 Å². The van der Waals surface area contributed by atoms with Gasteiger partial charge in [0.05, 0.1) is 25.8 Å². The minimum absolute atomic E-state index is 0.0947. The first-order valence-electron chi connectivity index (χ1n) is 11.5. The van der Waals surface area contributed by atoms with E-state index in [4.69, 9.17) is 16.0 Å². The van der Waals surface area contributed by atoms with Crippen LogP contribution in [0.15, 0.2) is 72.8 Å². The normalized spacial score (nSPS) is 18.5. The molecule has 2 atom stereocenters. The van der Waals surface area contributed by atoms with Crippen LogP contribution < -0.4 is 0 Å². The maximum absolute atomic E-state index is 13.0. The molecule has 0 unspecified atom stereocenters. The van der Waals surface area contributed by atoms with E-state index >= 15 is 0 Å². The summed E-state index contributed by atoms with van der Waals surface area (Å²) < 4.78 is 11.6. The van der Waals surface area contributed by atoms with Gasteiger partial charge in [-0.1, -0.05) is 72.8 Å². The smallest absolute Gasteiger partial charge is 0.410 e. The Hall–Kier alpha value is -4.15. The summed E-state index contributed by atoms with van der Waals surface area (Å²) in [5, 5.41) is 9.70. The third-order valence-corrected chi connectivity index (χ3v) is 6.67. The summed E-state index contributed by atoms with van der Waals surface area (Å²) in [6, 6.07) is 22.2. The molecule has 0 bridgehead atoms. The lowest BCUT2D eigenvalue weighted by Gasteiger charge is -2.22. The zero-order valence-corrected chi connectivity index (χ0v) is 19.0. The van der Waals surface area contributed by atoms with Crippen LogP contribution in [-0.2, 0) is 20.9 Å². The number of hydrogen-bond donors (Lipinski definition) is 1. The number of aliphatic carboxylic acids is 1. The van der Waals surface area contributed by atoms with Crippen molar-refractivity contribution in [2.75, 3.05) is 13.2 Å². The van der Waals surface area contributed by atoms with Gasteiger partial charge in [-0.15, -0.1) is 0 Å². The third kappa shape index (κ3) is 4.48. The van der Waals surface area contributed by atoms with E-state index in [0.29, 0.717) is 5.69 Å². The van der Waals surface area contributed by atoms with E-state index in [9.17, 15) is 14.7 Å². The fraction of sp³-hybridized carbons (Fsp3) is 0.250. The summed E-state index contributed by atoms with van der Waals surface area (Å²) in [6.45, 7) is 7.58.